The lowest BCUT2D eigenvalue weighted by atomic mass is 9.86. The monoisotopic (exact) mass is 314 g/mol. The van der Waals surface area contributed by atoms with Gasteiger partial charge in [0.05, 0.1) is 10.9 Å². The van der Waals surface area contributed by atoms with Crippen LogP contribution in [0.25, 0.3) is 0 Å². The molecule has 1 aromatic heterocycles. The van der Waals surface area contributed by atoms with Gasteiger partial charge in [0.2, 0.25) is 11.8 Å². The number of piperazine rings is 1. The first kappa shape index (κ1) is 15.3. The number of hydrogen-bond donors (Lipinski definition) is 1. The van der Waals surface area contributed by atoms with Gasteiger partial charge >= 0.3 is 0 Å². The topological polar surface area (TPSA) is 49.4 Å². The standard InChI is InChI=1S/C14H19ClN2O2S/c1-4-14(5-2)13(19)16-9(3)12(18)17(14)8-10-6-7-11(15)20-10/h6-7,9H,4-5,8H2,1-3H3,(H,16,19). The van der Waals surface area contributed by atoms with Crippen molar-refractivity contribution in [2.75, 3.05) is 0 Å². The van der Waals surface area contributed by atoms with Crippen LogP contribution >= 0.6 is 22.9 Å². The summed E-state index contributed by atoms with van der Waals surface area (Å²) in [4.78, 5) is 27.6. The van der Waals surface area contributed by atoms with Crippen LogP contribution < -0.4 is 5.32 Å². The largest absolute Gasteiger partial charge is 0.343 e. The molecule has 1 aliphatic heterocycles. The van der Waals surface area contributed by atoms with Crippen molar-refractivity contribution in [2.24, 2.45) is 0 Å². The van der Waals surface area contributed by atoms with E-state index in [-0.39, 0.29) is 11.8 Å². The van der Waals surface area contributed by atoms with Crippen molar-refractivity contribution in [3.8, 4) is 0 Å². The molecule has 2 amide bonds. The first-order valence-electron chi connectivity index (χ1n) is 6.81. The fourth-order valence-electron chi connectivity index (χ4n) is 2.73. The second-order valence-electron chi connectivity index (χ2n) is 5.06. The molecular weight excluding hydrogens is 296 g/mol. The summed E-state index contributed by atoms with van der Waals surface area (Å²) in [5, 5.41) is 2.79. The van der Waals surface area contributed by atoms with E-state index in [0.29, 0.717) is 23.7 Å². The number of halogens is 1. The highest BCUT2D eigenvalue weighted by Gasteiger charge is 2.49. The molecule has 1 N–H and O–H groups in total. The average molecular weight is 315 g/mol. The molecule has 1 saturated heterocycles. The third-order valence-electron chi connectivity index (χ3n) is 4.04. The number of carbonyl (C=O) groups is 2. The lowest BCUT2D eigenvalue weighted by Gasteiger charge is -2.46. The van der Waals surface area contributed by atoms with Crippen LogP contribution in [0.4, 0.5) is 0 Å². The normalized spacial score (nSPS) is 22.0. The lowest BCUT2D eigenvalue weighted by molar-refractivity contribution is -0.158. The van der Waals surface area contributed by atoms with Crippen LogP contribution in [0.5, 0.6) is 0 Å². The number of nitrogens with one attached hydrogen (secondary N) is 1. The van der Waals surface area contributed by atoms with Gasteiger partial charge in [-0.05, 0) is 31.9 Å². The molecule has 1 aromatic rings. The summed E-state index contributed by atoms with van der Waals surface area (Å²) in [5.74, 6) is -0.0879. The first-order valence-corrected chi connectivity index (χ1v) is 8.00. The molecule has 1 unspecified atom stereocenters. The number of rotatable bonds is 4. The molecule has 0 aliphatic carbocycles. The molecule has 20 heavy (non-hydrogen) atoms. The van der Waals surface area contributed by atoms with E-state index in [0.717, 1.165) is 4.88 Å². The maximum absolute atomic E-state index is 12.5. The van der Waals surface area contributed by atoms with Crippen LogP contribution in [-0.4, -0.2) is 28.3 Å². The van der Waals surface area contributed by atoms with Crippen LogP contribution in [0.3, 0.4) is 0 Å². The fourth-order valence-corrected chi connectivity index (χ4v) is 3.81. The quantitative estimate of drug-likeness (QED) is 0.929. The minimum Gasteiger partial charge on any atom is -0.343 e. The second kappa shape index (κ2) is 5.74. The van der Waals surface area contributed by atoms with Crippen molar-refractivity contribution < 1.29 is 9.59 Å². The zero-order valence-corrected chi connectivity index (χ0v) is 13.5. The Labute approximate surface area is 128 Å². The molecule has 2 rings (SSSR count). The lowest BCUT2D eigenvalue weighted by Crippen LogP contribution is -2.69. The average Bonchev–Trinajstić information content (AvgIpc) is 2.82. The first-order chi connectivity index (χ1) is 9.44. The Kier molecular flexibility index (Phi) is 4.39. The third kappa shape index (κ3) is 2.44. The van der Waals surface area contributed by atoms with Crippen LogP contribution in [0.15, 0.2) is 12.1 Å². The minimum atomic E-state index is -0.750. The van der Waals surface area contributed by atoms with E-state index in [2.05, 4.69) is 5.32 Å². The molecule has 0 bridgehead atoms. The van der Waals surface area contributed by atoms with Gasteiger partial charge in [-0.3, -0.25) is 9.59 Å². The summed E-state index contributed by atoms with van der Waals surface area (Å²) in [5.41, 5.74) is -0.750. The van der Waals surface area contributed by atoms with Gasteiger partial charge in [-0.15, -0.1) is 11.3 Å². The summed E-state index contributed by atoms with van der Waals surface area (Å²) < 4.78 is 0.695. The highest BCUT2D eigenvalue weighted by Crippen LogP contribution is 2.32. The Morgan fingerprint density at radius 2 is 2.00 bits per heavy atom. The van der Waals surface area contributed by atoms with E-state index < -0.39 is 11.6 Å². The summed E-state index contributed by atoms with van der Waals surface area (Å²) in [6, 6.07) is 3.26. The van der Waals surface area contributed by atoms with Crippen molar-refractivity contribution in [3.63, 3.8) is 0 Å². The van der Waals surface area contributed by atoms with Gasteiger partial charge in [0, 0.05) is 4.88 Å². The Bertz CT molecular complexity index is 525. The van der Waals surface area contributed by atoms with Gasteiger partial charge in [-0.25, -0.2) is 0 Å². The highest BCUT2D eigenvalue weighted by molar-refractivity contribution is 7.16. The van der Waals surface area contributed by atoms with Crippen molar-refractivity contribution in [3.05, 3.63) is 21.3 Å². The number of carbonyl (C=O) groups excluding carboxylic acids is 2. The molecule has 0 saturated carbocycles. The van der Waals surface area contributed by atoms with E-state index in [9.17, 15) is 9.59 Å². The molecular formula is C14H19ClN2O2S. The molecule has 1 fully saturated rings. The van der Waals surface area contributed by atoms with Gasteiger partial charge in [0.1, 0.15) is 11.6 Å². The fraction of sp³-hybridized carbons (Fsp3) is 0.571. The van der Waals surface area contributed by atoms with Crippen molar-refractivity contribution in [1.29, 1.82) is 0 Å². The van der Waals surface area contributed by atoms with E-state index in [1.165, 1.54) is 11.3 Å². The second-order valence-corrected chi connectivity index (χ2v) is 6.86. The SMILES string of the molecule is CCC1(CC)C(=O)NC(C)C(=O)N1Cc1ccc(Cl)s1. The number of hydrogen-bond acceptors (Lipinski definition) is 3. The zero-order valence-electron chi connectivity index (χ0n) is 11.9. The van der Waals surface area contributed by atoms with Gasteiger partial charge < -0.3 is 10.2 Å². The van der Waals surface area contributed by atoms with E-state index in [1.54, 1.807) is 11.8 Å². The van der Waals surface area contributed by atoms with Crippen molar-refractivity contribution >= 4 is 34.8 Å². The Morgan fingerprint density at radius 1 is 1.35 bits per heavy atom. The van der Waals surface area contributed by atoms with Crippen LogP contribution in [0.1, 0.15) is 38.5 Å². The maximum Gasteiger partial charge on any atom is 0.246 e. The number of thiophene rings is 1. The summed E-state index contributed by atoms with van der Waals surface area (Å²) >= 11 is 7.39. The molecule has 4 nitrogen and oxygen atoms in total. The summed E-state index contributed by atoms with van der Waals surface area (Å²) in [7, 11) is 0. The zero-order chi connectivity index (χ0) is 14.9. The Morgan fingerprint density at radius 3 is 2.50 bits per heavy atom. The number of nitrogens with zero attached hydrogens (tertiary/aromatic N) is 1. The predicted octanol–water partition coefficient (Wildman–Crippen LogP) is 2.81. The minimum absolute atomic E-state index is 0.0298. The van der Waals surface area contributed by atoms with Gasteiger partial charge in [0.25, 0.3) is 0 Å². The Balaban J connectivity index is 2.36. The van der Waals surface area contributed by atoms with Crippen LogP contribution in [0, 0.1) is 0 Å². The van der Waals surface area contributed by atoms with E-state index >= 15 is 0 Å². The molecule has 0 aromatic carbocycles. The number of amides is 2. The third-order valence-corrected chi connectivity index (χ3v) is 5.25. The molecule has 110 valence electrons. The van der Waals surface area contributed by atoms with Gasteiger partial charge in [-0.1, -0.05) is 25.4 Å². The van der Waals surface area contributed by atoms with Crippen LogP contribution in [0.2, 0.25) is 4.34 Å². The van der Waals surface area contributed by atoms with E-state index in [4.69, 9.17) is 11.6 Å². The molecule has 6 heteroatoms. The van der Waals surface area contributed by atoms with Gasteiger partial charge in [-0.2, -0.15) is 0 Å². The van der Waals surface area contributed by atoms with Crippen LogP contribution in [-0.2, 0) is 16.1 Å². The molecule has 0 spiro atoms. The molecule has 2 heterocycles. The molecule has 1 atom stereocenters. The molecule has 0 radical (unpaired) electrons. The summed E-state index contributed by atoms with van der Waals surface area (Å²) in [6.45, 7) is 6.06. The predicted molar refractivity (Wildman–Crippen MR) is 80.8 cm³/mol. The van der Waals surface area contributed by atoms with E-state index in [1.807, 2.05) is 26.0 Å². The smallest absolute Gasteiger partial charge is 0.246 e. The van der Waals surface area contributed by atoms with Crippen molar-refractivity contribution in [2.45, 2.75) is 51.7 Å². The Hall–Kier alpha value is -1.07. The summed E-state index contributed by atoms with van der Waals surface area (Å²) in [6.07, 6.45) is 1.21. The maximum atomic E-state index is 12.5. The highest BCUT2D eigenvalue weighted by atomic mass is 35.5. The van der Waals surface area contributed by atoms with Gasteiger partial charge in [0.15, 0.2) is 0 Å². The molecule has 1 aliphatic rings. The van der Waals surface area contributed by atoms with Crippen molar-refractivity contribution in [1.82, 2.24) is 10.2 Å².